The number of benzene rings is 3. The Kier molecular flexibility index (Phi) is 12.7. The lowest BCUT2D eigenvalue weighted by molar-refractivity contribution is -0.141. The van der Waals surface area contributed by atoms with Crippen molar-refractivity contribution in [3.05, 3.63) is 99.5 Å². The zero-order chi connectivity index (χ0) is 30.7. The number of carbonyl (C=O) groups is 2. The summed E-state index contributed by atoms with van der Waals surface area (Å²) in [7, 11) is -3.64. The predicted molar refractivity (Wildman–Crippen MR) is 171 cm³/mol. The Morgan fingerprint density at radius 2 is 1.64 bits per heavy atom. The van der Waals surface area contributed by atoms with Gasteiger partial charge in [-0.2, -0.15) is 0 Å². The molecule has 0 saturated carbocycles. The summed E-state index contributed by atoms with van der Waals surface area (Å²) in [5.41, 5.74) is 2.87. The number of nitrogens with zero attached hydrogens (tertiary/aromatic N) is 2. The minimum absolute atomic E-state index is 0.0314. The molecule has 0 heterocycles. The number of rotatable bonds is 15. The average molecular weight is 633 g/mol. The molecule has 0 saturated heterocycles. The molecule has 0 spiro atoms. The summed E-state index contributed by atoms with van der Waals surface area (Å²) in [6.07, 6.45) is 3.49. The van der Waals surface area contributed by atoms with E-state index in [1.807, 2.05) is 62.4 Å². The average Bonchev–Trinajstić information content (AvgIpc) is 2.95. The van der Waals surface area contributed by atoms with Gasteiger partial charge >= 0.3 is 0 Å². The van der Waals surface area contributed by atoms with Crippen molar-refractivity contribution < 1.29 is 18.0 Å². The van der Waals surface area contributed by atoms with Gasteiger partial charge in [-0.3, -0.25) is 13.9 Å². The van der Waals surface area contributed by atoms with Crippen molar-refractivity contribution in [1.29, 1.82) is 0 Å². The van der Waals surface area contributed by atoms with E-state index in [0.29, 0.717) is 28.7 Å². The van der Waals surface area contributed by atoms with Crippen LogP contribution in [0.5, 0.6) is 0 Å². The third-order valence-corrected chi connectivity index (χ3v) is 8.77. The number of halogens is 2. The summed E-state index contributed by atoms with van der Waals surface area (Å²) in [4.78, 5) is 29.1. The largest absolute Gasteiger partial charge is 0.354 e. The Morgan fingerprint density at radius 1 is 0.952 bits per heavy atom. The molecule has 10 heteroatoms. The first-order chi connectivity index (χ1) is 20.0. The molecule has 2 amide bonds. The van der Waals surface area contributed by atoms with Crippen LogP contribution in [-0.2, 0) is 32.6 Å². The summed E-state index contributed by atoms with van der Waals surface area (Å²) in [5.74, 6) is -0.502. The van der Waals surface area contributed by atoms with E-state index in [1.165, 1.54) is 4.31 Å². The normalized spacial score (nSPS) is 12.0. The lowest BCUT2D eigenvalue weighted by Gasteiger charge is -2.32. The van der Waals surface area contributed by atoms with E-state index >= 15 is 0 Å². The van der Waals surface area contributed by atoms with Gasteiger partial charge in [0.1, 0.15) is 6.04 Å². The molecule has 0 aliphatic rings. The fourth-order valence-electron chi connectivity index (χ4n) is 4.70. The lowest BCUT2D eigenvalue weighted by Crippen LogP contribution is -2.50. The van der Waals surface area contributed by atoms with Crippen LogP contribution >= 0.6 is 23.2 Å². The molecule has 3 aromatic rings. The quantitative estimate of drug-likeness (QED) is 0.197. The zero-order valence-electron chi connectivity index (χ0n) is 24.4. The van der Waals surface area contributed by atoms with E-state index < -0.39 is 16.1 Å². The summed E-state index contributed by atoms with van der Waals surface area (Å²) in [6, 6.07) is 21.1. The number of carbonyl (C=O) groups excluding carboxylic acids is 2. The van der Waals surface area contributed by atoms with Gasteiger partial charge in [0.2, 0.25) is 21.8 Å². The first-order valence-electron chi connectivity index (χ1n) is 14.1. The van der Waals surface area contributed by atoms with Crippen LogP contribution in [0.25, 0.3) is 0 Å². The number of hydrogen-bond donors (Lipinski definition) is 1. The van der Waals surface area contributed by atoms with E-state index in [-0.39, 0.29) is 37.7 Å². The molecule has 3 aromatic carbocycles. The third-order valence-electron chi connectivity index (χ3n) is 6.99. The van der Waals surface area contributed by atoms with Gasteiger partial charge < -0.3 is 10.2 Å². The molecular weight excluding hydrogens is 593 g/mol. The Hall–Kier alpha value is -3.07. The first-order valence-corrected chi connectivity index (χ1v) is 16.7. The second-order valence-electron chi connectivity index (χ2n) is 10.3. The molecule has 0 radical (unpaired) electrons. The fourth-order valence-corrected chi connectivity index (χ4v) is 6.08. The van der Waals surface area contributed by atoms with Gasteiger partial charge in [-0.15, -0.1) is 0 Å². The SMILES string of the molecule is CCCCNC(=O)C(Cc1ccccc1)N(Cc1ccccc1Cl)C(=O)CCCN(c1cc(Cl)ccc1C)S(C)(=O)=O. The number of nitrogens with one attached hydrogen (secondary N) is 1. The maximum atomic E-state index is 13.9. The molecule has 3 rings (SSSR count). The second-order valence-corrected chi connectivity index (χ2v) is 13.1. The van der Waals surface area contributed by atoms with Gasteiger partial charge in [-0.1, -0.05) is 91.1 Å². The van der Waals surface area contributed by atoms with Crippen LogP contribution in [0.3, 0.4) is 0 Å². The summed E-state index contributed by atoms with van der Waals surface area (Å²) in [5, 5.41) is 3.92. The topological polar surface area (TPSA) is 86.8 Å². The van der Waals surface area contributed by atoms with Gasteiger partial charge in [0, 0.05) is 42.5 Å². The van der Waals surface area contributed by atoms with Crippen LogP contribution in [0.15, 0.2) is 72.8 Å². The maximum Gasteiger partial charge on any atom is 0.243 e. The summed E-state index contributed by atoms with van der Waals surface area (Å²) < 4.78 is 26.7. The van der Waals surface area contributed by atoms with Gasteiger partial charge in [0.05, 0.1) is 11.9 Å². The number of aryl methyl sites for hydroxylation is 1. The first kappa shape index (κ1) is 33.4. The van der Waals surface area contributed by atoms with Crippen LogP contribution < -0.4 is 9.62 Å². The number of sulfonamides is 1. The van der Waals surface area contributed by atoms with E-state index in [1.54, 1.807) is 29.2 Å². The molecule has 7 nitrogen and oxygen atoms in total. The third kappa shape index (κ3) is 9.75. The Bertz CT molecular complexity index is 1450. The minimum Gasteiger partial charge on any atom is -0.354 e. The monoisotopic (exact) mass is 631 g/mol. The van der Waals surface area contributed by atoms with E-state index in [2.05, 4.69) is 5.32 Å². The summed E-state index contributed by atoms with van der Waals surface area (Å²) >= 11 is 12.7. The van der Waals surface area contributed by atoms with Crippen LogP contribution in [0.1, 0.15) is 49.3 Å². The molecule has 0 bridgehead atoms. The number of amides is 2. The highest BCUT2D eigenvalue weighted by atomic mass is 35.5. The fraction of sp³-hybridized carbons (Fsp3) is 0.375. The molecule has 0 aliphatic carbocycles. The second kappa shape index (κ2) is 16.0. The van der Waals surface area contributed by atoms with E-state index in [9.17, 15) is 18.0 Å². The minimum atomic E-state index is -3.64. The van der Waals surface area contributed by atoms with Crippen molar-refractivity contribution in [1.82, 2.24) is 10.2 Å². The van der Waals surface area contributed by atoms with Crippen molar-refractivity contribution >= 4 is 50.7 Å². The Morgan fingerprint density at radius 3 is 2.31 bits per heavy atom. The van der Waals surface area contributed by atoms with E-state index in [4.69, 9.17) is 23.2 Å². The molecule has 1 unspecified atom stereocenters. The summed E-state index contributed by atoms with van der Waals surface area (Å²) in [6.45, 7) is 4.59. The van der Waals surface area contributed by atoms with Crippen LogP contribution in [0.2, 0.25) is 10.0 Å². The molecule has 1 atom stereocenters. The molecule has 0 aliphatic heterocycles. The molecule has 0 aromatic heterocycles. The predicted octanol–water partition coefficient (Wildman–Crippen LogP) is 6.40. The smallest absolute Gasteiger partial charge is 0.243 e. The van der Waals surface area contributed by atoms with Crippen molar-refractivity contribution in [2.45, 2.75) is 58.5 Å². The van der Waals surface area contributed by atoms with Crippen LogP contribution in [-0.4, -0.2) is 50.5 Å². The van der Waals surface area contributed by atoms with Crippen molar-refractivity contribution in [2.75, 3.05) is 23.7 Å². The molecular formula is C32H39Cl2N3O4S. The van der Waals surface area contributed by atoms with Gasteiger partial charge in [-0.05, 0) is 54.7 Å². The Balaban J connectivity index is 1.90. The molecule has 42 heavy (non-hydrogen) atoms. The lowest BCUT2D eigenvalue weighted by atomic mass is 10.0. The zero-order valence-corrected chi connectivity index (χ0v) is 26.7. The van der Waals surface area contributed by atoms with Crippen molar-refractivity contribution in [3.63, 3.8) is 0 Å². The molecule has 1 N–H and O–H groups in total. The Labute approximate surface area is 259 Å². The molecule has 226 valence electrons. The van der Waals surface area contributed by atoms with Gasteiger partial charge in [0.25, 0.3) is 0 Å². The highest BCUT2D eigenvalue weighted by Crippen LogP contribution is 2.27. The standard InChI is InChI=1S/C32H39Cl2N3O4S/c1-4-5-19-35-32(39)30(21-25-12-7-6-8-13-25)36(23-26-14-9-10-15-28(26)34)31(38)16-11-20-37(42(3,40)41)29-22-27(33)18-17-24(29)2/h6-10,12-15,17-18,22,30H,4-5,11,16,19-21,23H2,1-3H3,(H,35,39). The van der Waals surface area contributed by atoms with Crippen molar-refractivity contribution in [2.24, 2.45) is 0 Å². The van der Waals surface area contributed by atoms with E-state index in [0.717, 1.165) is 35.8 Å². The highest BCUT2D eigenvalue weighted by molar-refractivity contribution is 7.92. The highest BCUT2D eigenvalue weighted by Gasteiger charge is 2.31. The van der Waals surface area contributed by atoms with Crippen LogP contribution in [0.4, 0.5) is 5.69 Å². The van der Waals surface area contributed by atoms with Crippen molar-refractivity contribution in [3.8, 4) is 0 Å². The maximum absolute atomic E-state index is 13.9. The van der Waals surface area contributed by atoms with Gasteiger partial charge in [0.15, 0.2) is 0 Å². The number of anilines is 1. The number of unbranched alkanes of at least 4 members (excludes halogenated alkanes) is 1. The van der Waals surface area contributed by atoms with Crippen LogP contribution in [0, 0.1) is 6.92 Å². The molecule has 0 fully saturated rings. The number of hydrogen-bond acceptors (Lipinski definition) is 4. The van der Waals surface area contributed by atoms with Gasteiger partial charge in [-0.25, -0.2) is 8.42 Å².